The maximum absolute atomic E-state index is 12.7. The maximum Gasteiger partial charge on any atom is 0.281 e. The maximum atomic E-state index is 12.7. The van der Waals surface area contributed by atoms with E-state index in [1.807, 2.05) is 24.3 Å². The molecule has 5 nitrogen and oxygen atoms in total. The zero-order valence-corrected chi connectivity index (χ0v) is 14.1. The van der Waals surface area contributed by atoms with Crippen molar-refractivity contribution in [2.75, 3.05) is 19.1 Å². The number of nitrogens with zero attached hydrogens (tertiary/aromatic N) is 1. The van der Waals surface area contributed by atoms with E-state index >= 15 is 0 Å². The number of benzene rings is 2. The highest BCUT2D eigenvalue weighted by molar-refractivity contribution is 7.80. The van der Waals surface area contributed by atoms with Gasteiger partial charge in [0.25, 0.3) is 5.91 Å². The van der Waals surface area contributed by atoms with Gasteiger partial charge in [0.05, 0.1) is 19.9 Å². The van der Waals surface area contributed by atoms with E-state index in [0.717, 1.165) is 5.56 Å². The van der Waals surface area contributed by atoms with E-state index in [1.54, 1.807) is 44.6 Å². The molecule has 0 aliphatic carbocycles. The molecule has 2 aromatic carbocycles. The Morgan fingerprint density at radius 3 is 2.42 bits per heavy atom. The van der Waals surface area contributed by atoms with Crippen LogP contribution in [0.15, 0.2) is 54.2 Å². The summed E-state index contributed by atoms with van der Waals surface area (Å²) >= 11 is 5.31. The summed E-state index contributed by atoms with van der Waals surface area (Å²) in [6.07, 6.45) is 1.73. The van der Waals surface area contributed by atoms with Gasteiger partial charge in [-0.05, 0) is 48.6 Å². The summed E-state index contributed by atoms with van der Waals surface area (Å²) in [5.41, 5.74) is 1.89. The second-order valence-electron chi connectivity index (χ2n) is 5.07. The van der Waals surface area contributed by atoms with Crippen LogP contribution in [-0.4, -0.2) is 25.2 Å². The SMILES string of the molecule is COc1ccc(N2C(=O)C(=Cc3ccccc3OC)NC2=S)cc1. The standard InChI is InChI=1S/C18H16N2O3S/c1-22-14-9-7-13(8-10-14)20-17(21)15(19-18(20)24)11-12-5-3-4-6-16(12)23-2/h3-11H,1-2H3,(H,19,24). The van der Waals surface area contributed by atoms with E-state index in [0.29, 0.717) is 28.0 Å². The minimum Gasteiger partial charge on any atom is -0.497 e. The van der Waals surface area contributed by atoms with Crippen LogP contribution in [0.5, 0.6) is 11.5 Å². The molecule has 122 valence electrons. The number of nitrogens with one attached hydrogen (secondary N) is 1. The number of hydrogen-bond acceptors (Lipinski definition) is 4. The fourth-order valence-corrected chi connectivity index (χ4v) is 2.74. The molecule has 0 saturated carbocycles. The minimum absolute atomic E-state index is 0.212. The third kappa shape index (κ3) is 2.96. The first kappa shape index (κ1) is 16.0. The van der Waals surface area contributed by atoms with Crippen molar-refractivity contribution >= 4 is 35.0 Å². The number of carbonyl (C=O) groups is 1. The molecule has 1 N–H and O–H groups in total. The van der Waals surface area contributed by atoms with Crippen LogP contribution in [0.4, 0.5) is 5.69 Å². The average Bonchev–Trinajstić information content (AvgIpc) is 2.89. The number of anilines is 1. The van der Waals surface area contributed by atoms with Gasteiger partial charge in [0.2, 0.25) is 0 Å². The van der Waals surface area contributed by atoms with E-state index in [2.05, 4.69) is 5.32 Å². The summed E-state index contributed by atoms with van der Waals surface area (Å²) in [4.78, 5) is 14.2. The fraction of sp³-hybridized carbons (Fsp3) is 0.111. The summed E-state index contributed by atoms with van der Waals surface area (Å²) in [6.45, 7) is 0. The number of rotatable bonds is 4. The van der Waals surface area contributed by atoms with Crippen LogP contribution in [0, 0.1) is 0 Å². The molecule has 0 unspecified atom stereocenters. The summed E-state index contributed by atoms with van der Waals surface area (Å²) in [5.74, 6) is 1.19. The van der Waals surface area contributed by atoms with Crippen molar-refractivity contribution in [2.45, 2.75) is 0 Å². The van der Waals surface area contributed by atoms with Crippen LogP contribution >= 0.6 is 12.2 Å². The second-order valence-corrected chi connectivity index (χ2v) is 5.46. The largest absolute Gasteiger partial charge is 0.497 e. The molecule has 1 aliphatic heterocycles. The molecule has 0 spiro atoms. The zero-order valence-electron chi connectivity index (χ0n) is 13.3. The van der Waals surface area contributed by atoms with Crippen molar-refractivity contribution in [3.05, 3.63) is 59.8 Å². The molecule has 1 amide bonds. The van der Waals surface area contributed by atoms with Crippen molar-refractivity contribution in [3.8, 4) is 11.5 Å². The van der Waals surface area contributed by atoms with Crippen LogP contribution in [0.1, 0.15) is 5.56 Å². The second kappa shape index (κ2) is 6.72. The molecule has 2 aromatic rings. The van der Waals surface area contributed by atoms with Crippen molar-refractivity contribution in [1.29, 1.82) is 0 Å². The van der Waals surface area contributed by atoms with Gasteiger partial charge in [-0.1, -0.05) is 18.2 Å². The highest BCUT2D eigenvalue weighted by Crippen LogP contribution is 2.26. The summed E-state index contributed by atoms with van der Waals surface area (Å²) in [6, 6.07) is 14.6. The van der Waals surface area contributed by atoms with Gasteiger partial charge >= 0.3 is 0 Å². The van der Waals surface area contributed by atoms with Crippen LogP contribution in [-0.2, 0) is 4.79 Å². The first-order valence-corrected chi connectivity index (χ1v) is 7.69. The molecule has 24 heavy (non-hydrogen) atoms. The predicted molar refractivity (Wildman–Crippen MR) is 97.2 cm³/mol. The summed E-state index contributed by atoms with van der Waals surface area (Å²) < 4.78 is 10.4. The van der Waals surface area contributed by atoms with E-state index in [1.165, 1.54) is 4.90 Å². The van der Waals surface area contributed by atoms with Crippen LogP contribution in [0.25, 0.3) is 6.08 Å². The third-order valence-electron chi connectivity index (χ3n) is 3.65. The molecule has 6 heteroatoms. The van der Waals surface area contributed by atoms with Crippen LogP contribution < -0.4 is 19.7 Å². The Labute approximate surface area is 145 Å². The van der Waals surface area contributed by atoms with Gasteiger partial charge in [0.15, 0.2) is 5.11 Å². The number of hydrogen-bond donors (Lipinski definition) is 1. The van der Waals surface area contributed by atoms with Crippen molar-refractivity contribution < 1.29 is 14.3 Å². The van der Waals surface area contributed by atoms with E-state index in [-0.39, 0.29) is 5.91 Å². The summed E-state index contributed by atoms with van der Waals surface area (Å²) in [7, 11) is 3.19. The van der Waals surface area contributed by atoms with Gasteiger partial charge in [-0.15, -0.1) is 0 Å². The average molecular weight is 340 g/mol. The molecule has 0 radical (unpaired) electrons. The molecule has 1 heterocycles. The molecule has 1 aliphatic rings. The summed E-state index contributed by atoms with van der Waals surface area (Å²) in [5, 5.41) is 3.30. The number of thiocarbonyl (C=S) groups is 1. The minimum atomic E-state index is -0.212. The monoisotopic (exact) mass is 340 g/mol. The van der Waals surface area contributed by atoms with Gasteiger partial charge in [0.1, 0.15) is 17.2 Å². The number of para-hydroxylation sites is 1. The Kier molecular flexibility index (Phi) is 4.48. The molecular formula is C18H16N2O3S. The quantitative estimate of drug-likeness (QED) is 0.685. The van der Waals surface area contributed by atoms with Gasteiger partial charge in [-0.3, -0.25) is 9.69 Å². The number of amides is 1. The normalized spacial score (nSPS) is 15.6. The fourth-order valence-electron chi connectivity index (χ4n) is 2.44. The molecule has 1 saturated heterocycles. The molecule has 0 aromatic heterocycles. The van der Waals surface area contributed by atoms with Gasteiger partial charge in [-0.2, -0.15) is 0 Å². The molecule has 1 fully saturated rings. The van der Waals surface area contributed by atoms with Gasteiger partial charge < -0.3 is 14.8 Å². The van der Waals surface area contributed by atoms with Crippen molar-refractivity contribution in [2.24, 2.45) is 0 Å². The first-order chi connectivity index (χ1) is 11.6. The van der Waals surface area contributed by atoms with Gasteiger partial charge in [0, 0.05) is 5.56 Å². The number of ether oxygens (including phenoxy) is 2. The number of methoxy groups -OCH3 is 2. The predicted octanol–water partition coefficient (Wildman–Crippen LogP) is 2.97. The Balaban J connectivity index is 1.92. The molecule has 3 rings (SSSR count). The lowest BCUT2D eigenvalue weighted by Gasteiger charge is -2.14. The van der Waals surface area contributed by atoms with Crippen LogP contribution in [0.3, 0.4) is 0 Å². The Morgan fingerprint density at radius 2 is 1.75 bits per heavy atom. The lowest BCUT2D eigenvalue weighted by Crippen LogP contribution is -2.30. The van der Waals surface area contributed by atoms with Crippen LogP contribution in [0.2, 0.25) is 0 Å². The smallest absolute Gasteiger partial charge is 0.281 e. The van der Waals surface area contributed by atoms with Crippen molar-refractivity contribution in [1.82, 2.24) is 5.32 Å². The molecule has 0 bridgehead atoms. The van der Waals surface area contributed by atoms with E-state index in [9.17, 15) is 4.79 Å². The first-order valence-electron chi connectivity index (χ1n) is 7.28. The Morgan fingerprint density at radius 1 is 1.04 bits per heavy atom. The zero-order chi connectivity index (χ0) is 17.1. The third-order valence-corrected chi connectivity index (χ3v) is 3.93. The molecule has 0 atom stereocenters. The highest BCUT2D eigenvalue weighted by atomic mass is 32.1. The van der Waals surface area contributed by atoms with Crippen molar-refractivity contribution in [3.63, 3.8) is 0 Å². The highest BCUT2D eigenvalue weighted by Gasteiger charge is 2.32. The van der Waals surface area contributed by atoms with E-state index in [4.69, 9.17) is 21.7 Å². The lowest BCUT2D eigenvalue weighted by atomic mass is 10.1. The Hall–Kier alpha value is -2.86. The topological polar surface area (TPSA) is 50.8 Å². The lowest BCUT2D eigenvalue weighted by molar-refractivity contribution is -0.113. The Bertz CT molecular complexity index is 815. The molecular weight excluding hydrogens is 324 g/mol. The van der Waals surface area contributed by atoms with E-state index < -0.39 is 0 Å². The van der Waals surface area contributed by atoms with Gasteiger partial charge in [-0.25, -0.2) is 0 Å². The number of carbonyl (C=O) groups excluding carboxylic acids is 1.